The topological polar surface area (TPSA) is 69.2 Å². The first-order valence-electron chi connectivity index (χ1n) is 9.44. The summed E-state index contributed by atoms with van der Waals surface area (Å²) in [7, 11) is 1.63. The van der Waals surface area contributed by atoms with Gasteiger partial charge in [0, 0.05) is 19.4 Å². The van der Waals surface area contributed by atoms with E-state index in [0.717, 1.165) is 42.0 Å². The summed E-state index contributed by atoms with van der Waals surface area (Å²) in [5.41, 5.74) is 2.83. The summed E-state index contributed by atoms with van der Waals surface area (Å²) in [6.07, 6.45) is 3.96. The maximum atomic E-state index is 11.9. The number of nitrogens with zero attached hydrogens (tertiary/aromatic N) is 1. The van der Waals surface area contributed by atoms with Gasteiger partial charge in [0.05, 0.1) is 13.2 Å². The second-order valence-electron chi connectivity index (χ2n) is 6.73. The van der Waals surface area contributed by atoms with E-state index in [9.17, 15) is 4.79 Å². The number of ether oxygens (including phenoxy) is 3. The van der Waals surface area contributed by atoms with Crippen LogP contribution in [0.25, 0.3) is 0 Å². The van der Waals surface area contributed by atoms with Crippen LogP contribution in [-0.4, -0.2) is 45.1 Å². The first-order chi connectivity index (χ1) is 13.6. The highest BCUT2D eigenvalue weighted by molar-refractivity contribution is 5.83. The van der Waals surface area contributed by atoms with Crippen molar-refractivity contribution < 1.29 is 19.0 Å². The molecule has 1 N–H and O–H groups in total. The van der Waals surface area contributed by atoms with E-state index in [-0.39, 0.29) is 18.6 Å². The number of aryl methyl sites for hydroxylation is 1. The van der Waals surface area contributed by atoms with Crippen molar-refractivity contribution in [2.24, 2.45) is 4.99 Å². The zero-order valence-corrected chi connectivity index (χ0v) is 16.3. The summed E-state index contributed by atoms with van der Waals surface area (Å²) in [6.45, 7) is 3.32. The van der Waals surface area contributed by atoms with Crippen LogP contribution in [0.15, 0.2) is 47.5 Å². The molecule has 1 aliphatic rings. The van der Waals surface area contributed by atoms with Crippen LogP contribution in [0.2, 0.25) is 0 Å². The van der Waals surface area contributed by atoms with Gasteiger partial charge in [0.15, 0.2) is 6.61 Å². The SMILES string of the molecule is COc1ccc(C)cc1N=Cc1ccc(OCC(=O)NC[C@H]2CCCO2)cc1. The Labute approximate surface area is 165 Å². The van der Waals surface area contributed by atoms with Crippen molar-refractivity contribution in [3.63, 3.8) is 0 Å². The molecule has 0 radical (unpaired) electrons. The number of methoxy groups -OCH3 is 1. The number of rotatable bonds is 8. The zero-order chi connectivity index (χ0) is 19.8. The van der Waals surface area contributed by atoms with E-state index in [2.05, 4.69) is 10.3 Å². The molecule has 0 saturated carbocycles. The minimum absolute atomic E-state index is 0.0132. The Balaban J connectivity index is 1.49. The second-order valence-corrected chi connectivity index (χ2v) is 6.73. The normalized spacial score (nSPS) is 16.3. The minimum Gasteiger partial charge on any atom is -0.494 e. The van der Waals surface area contributed by atoms with Gasteiger partial charge in [0.1, 0.15) is 17.2 Å². The molecule has 3 rings (SSSR count). The van der Waals surface area contributed by atoms with Crippen LogP contribution in [-0.2, 0) is 9.53 Å². The van der Waals surface area contributed by atoms with Gasteiger partial charge in [-0.3, -0.25) is 9.79 Å². The molecule has 0 aromatic heterocycles. The van der Waals surface area contributed by atoms with Crippen molar-refractivity contribution in [1.82, 2.24) is 5.32 Å². The highest BCUT2D eigenvalue weighted by atomic mass is 16.5. The molecule has 6 heteroatoms. The molecular formula is C22H26N2O4. The highest BCUT2D eigenvalue weighted by Gasteiger charge is 2.16. The summed E-state index contributed by atoms with van der Waals surface area (Å²) < 4.78 is 16.4. The molecule has 0 bridgehead atoms. The van der Waals surface area contributed by atoms with Crippen LogP contribution >= 0.6 is 0 Å². The summed E-state index contributed by atoms with van der Waals surface area (Å²) in [6, 6.07) is 13.3. The first kappa shape index (κ1) is 19.9. The molecule has 0 aliphatic carbocycles. The minimum atomic E-state index is -0.146. The quantitative estimate of drug-likeness (QED) is 0.710. The first-order valence-corrected chi connectivity index (χ1v) is 9.44. The summed E-state index contributed by atoms with van der Waals surface area (Å²) >= 11 is 0. The molecule has 1 amide bonds. The van der Waals surface area contributed by atoms with Crippen LogP contribution in [0, 0.1) is 6.92 Å². The van der Waals surface area contributed by atoms with Gasteiger partial charge < -0.3 is 19.5 Å². The van der Waals surface area contributed by atoms with E-state index in [1.165, 1.54) is 0 Å². The summed E-state index contributed by atoms with van der Waals surface area (Å²) in [5.74, 6) is 1.22. The average Bonchev–Trinajstić information content (AvgIpc) is 3.24. The number of hydrogen-bond donors (Lipinski definition) is 1. The Kier molecular flexibility index (Phi) is 7.03. The van der Waals surface area contributed by atoms with Gasteiger partial charge in [-0.2, -0.15) is 0 Å². The summed E-state index contributed by atoms with van der Waals surface area (Å²) in [5, 5.41) is 2.84. The van der Waals surface area contributed by atoms with Gasteiger partial charge >= 0.3 is 0 Å². The van der Waals surface area contributed by atoms with Crippen LogP contribution in [0.5, 0.6) is 11.5 Å². The van der Waals surface area contributed by atoms with E-state index in [4.69, 9.17) is 14.2 Å². The maximum Gasteiger partial charge on any atom is 0.258 e. The molecule has 1 saturated heterocycles. The number of amides is 1. The molecule has 6 nitrogen and oxygen atoms in total. The van der Waals surface area contributed by atoms with Crippen molar-refractivity contribution in [2.45, 2.75) is 25.9 Å². The largest absolute Gasteiger partial charge is 0.494 e. The van der Waals surface area contributed by atoms with E-state index in [1.54, 1.807) is 13.3 Å². The summed E-state index contributed by atoms with van der Waals surface area (Å²) in [4.78, 5) is 16.4. The Hall–Kier alpha value is -2.86. The van der Waals surface area contributed by atoms with Crippen molar-refractivity contribution >= 4 is 17.8 Å². The molecular weight excluding hydrogens is 356 g/mol. The Morgan fingerprint density at radius 2 is 2.11 bits per heavy atom. The number of aliphatic imine (C=N–C) groups is 1. The van der Waals surface area contributed by atoms with E-state index < -0.39 is 0 Å². The third-order valence-corrected chi connectivity index (χ3v) is 4.49. The van der Waals surface area contributed by atoms with Crippen molar-refractivity contribution in [2.75, 3.05) is 26.9 Å². The van der Waals surface area contributed by atoms with Gasteiger partial charge in [-0.1, -0.05) is 6.07 Å². The number of nitrogens with one attached hydrogen (secondary N) is 1. The van der Waals surface area contributed by atoms with Gasteiger partial charge in [0.2, 0.25) is 0 Å². The molecule has 1 heterocycles. The van der Waals surface area contributed by atoms with Crippen LogP contribution < -0.4 is 14.8 Å². The lowest BCUT2D eigenvalue weighted by molar-refractivity contribution is -0.123. The van der Waals surface area contributed by atoms with Gasteiger partial charge in [-0.25, -0.2) is 0 Å². The van der Waals surface area contributed by atoms with Crippen molar-refractivity contribution in [1.29, 1.82) is 0 Å². The standard InChI is InChI=1S/C22H26N2O4/c1-16-5-10-21(26-2)20(12-16)23-13-17-6-8-18(9-7-17)28-15-22(25)24-14-19-4-3-11-27-19/h5-10,12-13,19H,3-4,11,14-15H2,1-2H3,(H,24,25)/t19-/m1/s1. The lowest BCUT2D eigenvalue weighted by Crippen LogP contribution is -2.35. The molecule has 0 spiro atoms. The fourth-order valence-corrected chi connectivity index (χ4v) is 2.93. The number of benzene rings is 2. The maximum absolute atomic E-state index is 11.9. The average molecular weight is 382 g/mol. The van der Waals surface area contributed by atoms with Gasteiger partial charge in [-0.05, 0) is 67.3 Å². The monoisotopic (exact) mass is 382 g/mol. The molecule has 148 valence electrons. The molecule has 2 aromatic carbocycles. The number of hydrogen-bond acceptors (Lipinski definition) is 5. The third-order valence-electron chi connectivity index (χ3n) is 4.49. The van der Waals surface area contributed by atoms with E-state index >= 15 is 0 Å². The molecule has 0 unspecified atom stereocenters. The molecule has 1 fully saturated rings. The van der Waals surface area contributed by atoms with E-state index in [0.29, 0.717) is 12.3 Å². The Morgan fingerprint density at radius 1 is 1.29 bits per heavy atom. The van der Waals surface area contributed by atoms with Crippen molar-refractivity contribution in [3.8, 4) is 11.5 Å². The number of carbonyl (C=O) groups excluding carboxylic acids is 1. The molecule has 1 atom stereocenters. The molecule has 28 heavy (non-hydrogen) atoms. The zero-order valence-electron chi connectivity index (χ0n) is 16.3. The lowest BCUT2D eigenvalue weighted by atomic mass is 10.2. The Morgan fingerprint density at radius 3 is 2.82 bits per heavy atom. The van der Waals surface area contributed by atoms with Crippen molar-refractivity contribution in [3.05, 3.63) is 53.6 Å². The van der Waals surface area contributed by atoms with Crippen LogP contribution in [0.4, 0.5) is 5.69 Å². The van der Waals surface area contributed by atoms with Gasteiger partial charge in [0.25, 0.3) is 5.91 Å². The Bertz CT molecular complexity index is 812. The smallest absolute Gasteiger partial charge is 0.258 e. The third kappa shape index (κ3) is 5.82. The van der Waals surface area contributed by atoms with Crippen LogP contribution in [0.1, 0.15) is 24.0 Å². The number of carbonyl (C=O) groups is 1. The predicted octanol–water partition coefficient (Wildman–Crippen LogP) is 3.43. The highest BCUT2D eigenvalue weighted by Crippen LogP contribution is 2.28. The fourth-order valence-electron chi connectivity index (χ4n) is 2.93. The predicted molar refractivity (Wildman–Crippen MR) is 109 cm³/mol. The fraction of sp³-hybridized carbons (Fsp3) is 0.364. The molecule has 2 aromatic rings. The van der Waals surface area contributed by atoms with Crippen LogP contribution in [0.3, 0.4) is 0 Å². The lowest BCUT2D eigenvalue weighted by Gasteiger charge is -2.11. The van der Waals surface area contributed by atoms with Gasteiger partial charge in [-0.15, -0.1) is 0 Å². The molecule has 1 aliphatic heterocycles. The van der Waals surface area contributed by atoms with E-state index in [1.807, 2.05) is 49.4 Å². The second kappa shape index (κ2) is 9.90.